The van der Waals surface area contributed by atoms with E-state index in [9.17, 15) is 0 Å². The zero-order valence-electron chi connectivity index (χ0n) is 3.21. The Bertz CT molecular complexity index is 27.2. The van der Waals surface area contributed by atoms with E-state index in [1.165, 1.54) is 0 Å². The minimum absolute atomic E-state index is 0. The second kappa shape index (κ2) is 16.5. The second-order valence-electron chi connectivity index (χ2n) is 0.231. The molecule has 0 aromatic heterocycles. The van der Waals surface area contributed by atoms with Gasteiger partial charge in [-0.3, -0.25) is 0 Å². The summed E-state index contributed by atoms with van der Waals surface area (Å²) >= 11 is -3.29. The number of rotatable bonds is 0. The topological polar surface area (TPSA) is 152 Å². The van der Waals surface area contributed by atoms with E-state index in [1.807, 2.05) is 0 Å². The third-order valence-corrected chi connectivity index (χ3v) is 0. The fraction of sp³-hybridized carbons (Fsp3) is 0. The van der Waals surface area contributed by atoms with Crippen molar-refractivity contribution in [3.63, 3.8) is 0 Å². The van der Waals surface area contributed by atoms with E-state index in [-0.39, 0.29) is 16.4 Å². The first-order valence-electron chi connectivity index (χ1n) is 0.532. The van der Waals surface area contributed by atoms with Gasteiger partial charge in [0.05, 0.1) is 0 Å². The van der Waals surface area contributed by atoms with Crippen LogP contribution >= 0.6 is 0 Å². The van der Waals surface area contributed by atoms with Crippen LogP contribution in [0.3, 0.4) is 0 Å². The van der Waals surface area contributed by atoms with Gasteiger partial charge in [-0.25, -0.2) is 0 Å². The van der Waals surface area contributed by atoms with Crippen molar-refractivity contribution in [3.8, 4) is 0 Å². The molecule has 0 unspecified atom stereocenters. The third kappa shape index (κ3) is 5970. The van der Waals surface area contributed by atoms with Gasteiger partial charge in [0.1, 0.15) is 0 Å². The maximum atomic E-state index is 8.76. The monoisotopic (exact) mass is 156 g/mol. The molecule has 8 N–H and O–H groups in total. The van der Waals surface area contributed by atoms with Crippen LogP contribution in [0.5, 0.6) is 0 Å². The van der Waals surface area contributed by atoms with E-state index < -0.39 is 14.8 Å². The predicted molar refractivity (Wildman–Crippen MR) is 16.0 cm³/mol. The molecule has 0 saturated heterocycles. The van der Waals surface area contributed by atoms with Gasteiger partial charge in [-0.15, -0.1) is 0 Å². The fourth-order valence-electron chi connectivity index (χ4n) is 0. The standard InChI is InChI=1S/Cr.5H2O.O/h;5*1H2;/q+2;;;;;;/p-2. The van der Waals surface area contributed by atoms with Gasteiger partial charge in [0.15, 0.2) is 0 Å². The molecule has 0 radical (unpaired) electrons. The SMILES string of the molecule is O.O.O.[O]=[Cr]([OH])[OH]. The van der Waals surface area contributed by atoms with Gasteiger partial charge in [-0.1, -0.05) is 0 Å². The van der Waals surface area contributed by atoms with Crippen LogP contribution in [-0.4, -0.2) is 24.7 Å². The van der Waals surface area contributed by atoms with Crippen molar-refractivity contribution in [1.29, 1.82) is 0 Å². The summed E-state index contributed by atoms with van der Waals surface area (Å²) in [6, 6.07) is 0. The molecule has 0 aliphatic rings. The quantitative estimate of drug-likeness (QED) is 0.370. The Morgan fingerprint density at radius 1 is 1.00 bits per heavy atom. The molecular formula is H8CrO6. The molecule has 0 aromatic rings. The first-order valence-corrected chi connectivity index (χ1v) is 2.19. The van der Waals surface area contributed by atoms with Crippen molar-refractivity contribution in [3.05, 3.63) is 0 Å². The summed E-state index contributed by atoms with van der Waals surface area (Å²) in [6.07, 6.45) is 0. The Kier molecular flexibility index (Phi) is 64.3. The molecular weight excluding hydrogens is 148 g/mol. The van der Waals surface area contributed by atoms with E-state index in [0.29, 0.717) is 0 Å². The van der Waals surface area contributed by atoms with Crippen LogP contribution in [0.1, 0.15) is 0 Å². The van der Waals surface area contributed by atoms with Crippen LogP contribution in [0.15, 0.2) is 0 Å². The zero-order chi connectivity index (χ0) is 3.58. The molecule has 0 spiro atoms. The van der Waals surface area contributed by atoms with E-state index in [0.717, 1.165) is 0 Å². The van der Waals surface area contributed by atoms with Crippen LogP contribution < -0.4 is 0 Å². The molecule has 0 aliphatic carbocycles. The molecule has 50 valence electrons. The number of hydrogen-bond donors (Lipinski definition) is 2. The van der Waals surface area contributed by atoms with Gasteiger partial charge in [-0.2, -0.15) is 0 Å². The van der Waals surface area contributed by atoms with Gasteiger partial charge in [0.25, 0.3) is 0 Å². The first-order chi connectivity index (χ1) is 1.73. The van der Waals surface area contributed by atoms with Crippen molar-refractivity contribution in [2.45, 2.75) is 0 Å². The van der Waals surface area contributed by atoms with Crippen LogP contribution in [-0.2, 0) is 18.6 Å². The summed E-state index contributed by atoms with van der Waals surface area (Å²) in [4.78, 5) is 0. The molecule has 0 bridgehead atoms. The normalized spacial score (nSPS) is 5.00. The molecule has 7 heavy (non-hydrogen) atoms. The van der Waals surface area contributed by atoms with Gasteiger partial charge in [-0.05, 0) is 0 Å². The average Bonchev–Trinajstić information content (AvgIpc) is 0.811. The minimum atomic E-state index is -3.29. The van der Waals surface area contributed by atoms with Gasteiger partial charge >= 0.3 is 26.9 Å². The molecule has 0 aliphatic heterocycles. The van der Waals surface area contributed by atoms with Crippen LogP contribution in [0, 0.1) is 0 Å². The third-order valence-electron chi connectivity index (χ3n) is 0. The molecule has 0 aromatic carbocycles. The Balaban J connectivity index is -0.0000000150. The van der Waals surface area contributed by atoms with Crippen LogP contribution in [0.4, 0.5) is 0 Å². The summed E-state index contributed by atoms with van der Waals surface area (Å²) in [5, 5.41) is 0. The van der Waals surface area contributed by atoms with Gasteiger partial charge in [0.2, 0.25) is 0 Å². The molecule has 0 rings (SSSR count). The van der Waals surface area contributed by atoms with Crippen LogP contribution in [0.25, 0.3) is 0 Å². The van der Waals surface area contributed by atoms with E-state index in [4.69, 9.17) is 12.1 Å². The van der Waals surface area contributed by atoms with E-state index in [1.54, 1.807) is 0 Å². The maximum absolute atomic E-state index is 8.76. The van der Waals surface area contributed by atoms with Gasteiger partial charge < -0.3 is 16.4 Å². The Morgan fingerprint density at radius 2 is 1.00 bits per heavy atom. The molecule has 6 nitrogen and oxygen atoms in total. The van der Waals surface area contributed by atoms with Crippen molar-refractivity contribution in [2.24, 2.45) is 0 Å². The van der Waals surface area contributed by atoms with E-state index in [2.05, 4.69) is 0 Å². The average molecular weight is 156 g/mol. The van der Waals surface area contributed by atoms with Crippen LogP contribution in [0.2, 0.25) is 0 Å². The first kappa shape index (κ1) is 27.3. The zero-order valence-corrected chi connectivity index (χ0v) is 4.49. The summed E-state index contributed by atoms with van der Waals surface area (Å²) in [7, 11) is 0. The summed E-state index contributed by atoms with van der Waals surface area (Å²) < 4.78 is 23.1. The molecule has 0 saturated carbocycles. The van der Waals surface area contributed by atoms with E-state index >= 15 is 0 Å². The molecule has 0 fully saturated rings. The molecule has 0 amide bonds. The Hall–Kier alpha value is 0.132. The van der Waals surface area contributed by atoms with Crippen molar-refractivity contribution in [2.75, 3.05) is 0 Å². The second-order valence-corrected chi connectivity index (χ2v) is 0.951. The number of hydrogen-bond acceptors (Lipinski definition) is 1. The molecule has 0 heterocycles. The van der Waals surface area contributed by atoms with Gasteiger partial charge in [0, 0.05) is 0 Å². The Morgan fingerprint density at radius 3 is 1.00 bits per heavy atom. The fourth-order valence-corrected chi connectivity index (χ4v) is 0. The van der Waals surface area contributed by atoms with Crippen molar-refractivity contribution < 1.29 is 43.3 Å². The van der Waals surface area contributed by atoms with Crippen molar-refractivity contribution >= 4 is 0 Å². The van der Waals surface area contributed by atoms with Crippen molar-refractivity contribution in [1.82, 2.24) is 0 Å². The summed E-state index contributed by atoms with van der Waals surface area (Å²) in [5.41, 5.74) is 0. The summed E-state index contributed by atoms with van der Waals surface area (Å²) in [5.74, 6) is 0. The predicted octanol–water partition coefficient (Wildman–Crippen LogP) is -3.71. The Labute approximate surface area is 44.2 Å². The molecule has 7 heteroatoms. The summed E-state index contributed by atoms with van der Waals surface area (Å²) in [6.45, 7) is 0. The molecule has 0 atom stereocenters.